The molecule has 6 heteroatoms. The highest BCUT2D eigenvalue weighted by Crippen LogP contribution is 2.15. The van der Waals surface area contributed by atoms with E-state index in [0.717, 1.165) is 10.5 Å². The molecule has 0 radical (unpaired) electrons. The number of rotatable bonds is 6. The first-order valence-electron chi connectivity index (χ1n) is 7.40. The van der Waals surface area contributed by atoms with E-state index in [2.05, 4.69) is 5.32 Å². The Morgan fingerprint density at radius 2 is 1.92 bits per heavy atom. The third kappa shape index (κ3) is 5.83. The molecular weight excluding hydrogens is 336 g/mol. The topological polar surface area (TPSA) is 79.2 Å². The van der Waals surface area contributed by atoms with Crippen molar-refractivity contribution in [3.8, 4) is 6.07 Å². The fourth-order valence-electron chi connectivity index (χ4n) is 1.94. The number of nitrogens with one attached hydrogen (secondary N) is 1. The molecule has 0 saturated carbocycles. The van der Waals surface area contributed by atoms with E-state index in [1.807, 2.05) is 36.6 Å². The first-order chi connectivity index (χ1) is 12.1. The maximum absolute atomic E-state index is 11.8. The van der Waals surface area contributed by atoms with Crippen LogP contribution in [0.25, 0.3) is 6.08 Å². The fourth-order valence-corrected chi connectivity index (χ4v) is 2.35. The largest absolute Gasteiger partial charge is 0.452 e. The summed E-state index contributed by atoms with van der Waals surface area (Å²) in [5, 5.41) is 11.5. The standard InChI is InChI=1S/C19H16N2O3S/c1-25-16-9-6-14(7-10-16)8-11-19(23)24-13-18(22)21-17-5-3-2-4-15(17)12-20/h2-11H,13H2,1H3,(H,21,22)/b11-8+. The molecule has 5 nitrogen and oxygen atoms in total. The fraction of sp³-hybridized carbons (Fsp3) is 0.105. The van der Waals surface area contributed by atoms with Gasteiger partial charge in [-0.25, -0.2) is 4.79 Å². The van der Waals surface area contributed by atoms with Crippen LogP contribution in [-0.4, -0.2) is 24.7 Å². The maximum atomic E-state index is 11.8. The predicted molar refractivity (Wildman–Crippen MR) is 98.0 cm³/mol. The maximum Gasteiger partial charge on any atom is 0.331 e. The Kier molecular flexibility index (Phi) is 6.81. The number of ether oxygens (including phenoxy) is 1. The number of anilines is 1. The summed E-state index contributed by atoms with van der Waals surface area (Å²) in [6.45, 7) is -0.422. The first kappa shape index (κ1) is 18.3. The van der Waals surface area contributed by atoms with E-state index in [1.54, 1.807) is 42.1 Å². The summed E-state index contributed by atoms with van der Waals surface area (Å²) >= 11 is 1.64. The number of carbonyl (C=O) groups excluding carboxylic acids is 2. The van der Waals surface area contributed by atoms with Crippen molar-refractivity contribution < 1.29 is 14.3 Å². The van der Waals surface area contributed by atoms with Gasteiger partial charge in [-0.2, -0.15) is 5.26 Å². The van der Waals surface area contributed by atoms with Gasteiger partial charge in [0.1, 0.15) is 6.07 Å². The Bertz CT molecular complexity index is 823. The molecule has 25 heavy (non-hydrogen) atoms. The molecule has 2 aromatic rings. The van der Waals surface area contributed by atoms with E-state index in [0.29, 0.717) is 11.3 Å². The van der Waals surface area contributed by atoms with Crippen molar-refractivity contribution in [3.05, 3.63) is 65.7 Å². The molecular formula is C19H16N2O3S. The number of amides is 1. The van der Waals surface area contributed by atoms with E-state index < -0.39 is 18.5 Å². The van der Waals surface area contributed by atoms with E-state index in [1.165, 1.54) is 6.08 Å². The average molecular weight is 352 g/mol. The Morgan fingerprint density at radius 3 is 2.60 bits per heavy atom. The first-order valence-corrected chi connectivity index (χ1v) is 8.62. The normalized spacial score (nSPS) is 10.2. The lowest BCUT2D eigenvalue weighted by Crippen LogP contribution is -2.20. The van der Waals surface area contributed by atoms with Crippen molar-refractivity contribution in [2.45, 2.75) is 4.90 Å². The quantitative estimate of drug-likeness (QED) is 0.489. The summed E-state index contributed by atoms with van der Waals surface area (Å²) in [5.41, 5.74) is 1.59. The number of carbonyl (C=O) groups is 2. The van der Waals surface area contributed by atoms with Crippen LogP contribution in [0.3, 0.4) is 0 Å². The van der Waals surface area contributed by atoms with E-state index in [9.17, 15) is 9.59 Å². The zero-order valence-corrected chi connectivity index (χ0v) is 14.4. The van der Waals surface area contributed by atoms with Crippen LogP contribution in [0.2, 0.25) is 0 Å². The van der Waals surface area contributed by atoms with Crippen LogP contribution in [0, 0.1) is 11.3 Å². The van der Waals surface area contributed by atoms with Gasteiger partial charge in [-0.1, -0.05) is 24.3 Å². The second-order valence-corrected chi connectivity index (χ2v) is 5.80. The molecule has 126 valence electrons. The molecule has 0 atom stereocenters. The van der Waals surface area contributed by atoms with Crippen molar-refractivity contribution in [3.63, 3.8) is 0 Å². The minimum absolute atomic E-state index is 0.343. The number of hydrogen-bond acceptors (Lipinski definition) is 5. The summed E-state index contributed by atoms with van der Waals surface area (Å²) in [4.78, 5) is 24.6. The molecule has 0 spiro atoms. The molecule has 0 saturated heterocycles. The van der Waals surface area contributed by atoms with Gasteiger partial charge in [-0.3, -0.25) is 4.79 Å². The van der Waals surface area contributed by atoms with Crippen LogP contribution in [0.5, 0.6) is 0 Å². The van der Waals surface area contributed by atoms with Crippen molar-refractivity contribution in [1.82, 2.24) is 0 Å². The molecule has 0 unspecified atom stereocenters. The van der Waals surface area contributed by atoms with Crippen LogP contribution in [0.4, 0.5) is 5.69 Å². The van der Waals surface area contributed by atoms with Gasteiger partial charge in [-0.15, -0.1) is 11.8 Å². The zero-order valence-electron chi connectivity index (χ0n) is 13.6. The molecule has 2 rings (SSSR count). The molecule has 0 aliphatic heterocycles. The van der Waals surface area contributed by atoms with Crippen LogP contribution >= 0.6 is 11.8 Å². The van der Waals surface area contributed by atoms with Crippen molar-refractivity contribution in [2.75, 3.05) is 18.2 Å². The molecule has 0 aromatic heterocycles. The van der Waals surface area contributed by atoms with Crippen LogP contribution in [0.15, 0.2) is 59.5 Å². The van der Waals surface area contributed by atoms with E-state index in [4.69, 9.17) is 10.00 Å². The molecule has 0 fully saturated rings. The van der Waals surface area contributed by atoms with Gasteiger partial charge in [0, 0.05) is 11.0 Å². The third-order valence-electron chi connectivity index (χ3n) is 3.19. The van der Waals surface area contributed by atoms with E-state index >= 15 is 0 Å². The molecule has 0 aliphatic rings. The van der Waals surface area contributed by atoms with Crippen LogP contribution in [0.1, 0.15) is 11.1 Å². The van der Waals surface area contributed by atoms with Gasteiger partial charge in [0.25, 0.3) is 5.91 Å². The van der Waals surface area contributed by atoms with Crippen molar-refractivity contribution in [1.29, 1.82) is 5.26 Å². The van der Waals surface area contributed by atoms with Crippen molar-refractivity contribution >= 4 is 35.4 Å². The highest BCUT2D eigenvalue weighted by Gasteiger charge is 2.08. The van der Waals surface area contributed by atoms with Crippen LogP contribution < -0.4 is 5.32 Å². The second kappa shape index (κ2) is 9.30. The van der Waals surface area contributed by atoms with E-state index in [-0.39, 0.29) is 0 Å². The van der Waals surface area contributed by atoms with Gasteiger partial charge in [0.05, 0.1) is 11.3 Å². The minimum Gasteiger partial charge on any atom is -0.452 e. The summed E-state index contributed by atoms with van der Waals surface area (Å²) in [6.07, 6.45) is 4.88. The Morgan fingerprint density at radius 1 is 1.20 bits per heavy atom. The Hall–Kier alpha value is -3.04. The lowest BCUT2D eigenvalue weighted by atomic mass is 10.2. The number of thioether (sulfide) groups is 1. The van der Waals surface area contributed by atoms with Crippen molar-refractivity contribution in [2.24, 2.45) is 0 Å². The Labute approximate surface area is 150 Å². The number of esters is 1. The highest BCUT2D eigenvalue weighted by molar-refractivity contribution is 7.98. The number of benzene rings is 2. The number of hydrogen-bond donors (Lipinski definition) is 1. The SMILES string of the molecule is CSc1ccc(/C=C/C(=O)OCC(=O)Nc2ccccc2C#N)cc1. The molecule has 2 aromatic carbocycles. The van der Waals surface area contributed by atoms with Gasteiger partial charge < -0.3 is 10.1 Å². The van der Waals surface area contributed by atoms with Crippen LogP contribution in [-0.2, 0) is 14.3 Å². The summed E-state index contributed by atoms with van der Waals surface area (Å²) in [5.74, 6) is -1.12. The number of para-hydroxylation sites is 1. The third-order valence-corrected chi connectivity index (χ3v) is 3.94. The number of nitriles is 1. The summed E-state index contributed by atoms with van der Waals surface area (Å²) in [7, 11) is 0. The molecule has 1 amide bonds. The average Bonchev–Trinajstić information content (AvgIpc) is 2.65. The number of nitrogens with zero attached hydrogens (tertiary/aromatic N) is 1. The summed E-state index contributed by atoms with van der Waals surface area (Å²) < 4.78 is 4.89. The zero-order chi connectivity index (χ0) is 18.1. The monoisotopic (exact) mass is 352 g/mol. The lowest BCUT2D eigenvalue weighted by molar-refractivity contribution is -0.142. The predicted octanol–water partition coefficient (Wildman–Crippen LogP) is 3.48. The van der Waals surface area contributed by atoms with Gasteiger partial charge in [0.15, 0.2) is 6.61 Å². The lowest BCUT2D eigenvalue weighted by Gasteiger charge is -2.06. The molecule has 0 aliphatic carbocycles. The van der Waals surface area contributed by atoms with Gasteiger partial charge in [-0.05, 0) is 42.2 Å². The Balaban J connectivity index is 1.83. The molecule has 0 heterocycles. The second-order valence-electron chi connectivity index (χ2n) is 4.92. The van der Waals surface area contributed by atoms with Gasteiger partial charge >= 0.3 is 5.97 Å². The summed E-state index contributed by atoms with van der Waals surface area (Å²) in [6, 6.07) is 16.3. The smallest absolute Gasteiger partial charge is 0.331 e. The molecule has 0 bridgehead atoms. The van der Waals surface area contributed by atoms with Gasteiger partial charge in [0.2, 0.25) is 0 Å². The highest BCUT2D eigenvalue weighted by atomic mass is 32.2. The molecule has 1 N–H and O–H groups in total. The minimum atomic E-state index is -0.613.